The van der Waals surface area contributed by atoms with Crippen molar-refractivity contribution >= 4 is 11.7 Å². The quantitative estimate of drug-likeness (QED) is 0.764. The molecule has 0 aromatic carbocycles. The maximum absolute atomic E-state index is 12.8. The summed E-state index contributed by atoms with van der Waals surface area (Å²) in [6, 6.07) is 0.392. The van der Waals surface area contributed by atoms with Crippen LogP contribution in [0.5, 0.6) is 6.01 Å². The summed E-state index contributed by atoms with van der Waals surface area (Å²) in [5.41, 5.74) is 0.424. The number of amides is 1. The minimum absolute atomic E-state index is 0.0387. The summed E-state index contributed by atoms with van der Waals surface area (Å²) in [6.45, 7) is 6.66. The Morgan fingerprint density at radius 3 is 2.61 bits per heavy atom. The van der Waals surface area contributed by atoms with Gasteiger partial charge in [-0.1, -0.05) is 6.92 Å². The molecular formula is C15H26N4O4. The van der Waals surface area contributed by atoms with Gasteiger partial charge in [0.1, 0.15) is 0 Å². The van der Waals surface area contributed by atoms with Crippen molar-refractivity contribution in [2.24, 2.45) is 0 Å². The fraction of sp³-hybridized carbons (Fsp3) is 0.733. The number of imidazole rings is 1. The lowest BCUT2D eigenvalue weighted by molar-refractivity contribution is 0.00106. The van der Waals surface area contributed by atoms with E-state index in [4.69, 9.17) is 9.84 Å². The van der Waals surface area contributed by atoms with Crippen LogP contribution >= 0.6 is 0 Å². The van der Waals surface area contributed by atoms with E-state index in [1.807, 2.05) is 20.8 Å². The fourth-order valence-electron chi connectivity index (χ4n) is 2.63. The number of hydrogen-bond donors (Lipinski definition) is 2. The summed E-state index contributed by atoms with van der Waals surface area (Å²) in [5, 5.41) is 19.4. The molecule has 0 fully saturated rings. The van der Waals surface area contributed by atoms with Crippen molar-refractivity contribution in [3.05, 3.63) is 5.69 Å². The van der Waals surface area contributed by atoms with Crippen molar-refractivity contribution < 1.29 is 19.7 Å². The van der Waals surface area contributed by atoms with Crippen LogP contribution in [-0.2, 0) is 6.54 Å². The van der Waals surface area contributed by atoms with E-state index in [0.29, 0.717) is 30.5 Å². The maximum Gasteiger partial charge on any atom is 0.299 e. The normalized spacial score (nSPS) is 17.9. The molecule has 1 unspecified atom stereocenters. The van der Waals surface area contributed by atoms with E-state index in [1.165, 1.54) is 4.90 Å². The second-order valence-electron chi connectivity index (χ2n) is 5.92. The van der Waals surface area contributed by atoms with Gasteiger partial charge in [0.25, 0.3) is 11.9 Å². The van der Waals surface area contributed by atoms with Crippen LogP contribution in [0.4, 0.5) is 5.82 Å². The highest BCUT2D eigenvalue weighted by atomic mass is 16.5. The van der Waals surface area contributed by atoms with Crippen molar-refractivity contribution in [3.63, 3.8) is 0 Å². The lowest BCUT2D eigenvalue weighted by atomic mass is 10.2. The molecular weight excluding hydrogens is 300 g/mol. The monoisotopic (exact) mass is 326 g/mol. The van der Waals surface area contributed by atoms with Gasteiger partial charge >= 0.3 is 0 Å². The Kier molecular flexibility index (Phi) is 5.48. The number of fused-ring (bicyclic) bond motifs is 1. The predicted molar refractivity (Wildman–Crippen MR) is 85.4 cm³/mol. The highest BCUT2D eigenvalue weighted by molar-refractivity contribution is 5.99. The third kappa shape index (κ3) is 3.28. The smallest absolute Gasteiger partial charge is 0.299 e. The van der Waals surface area contributed by atoms with Gasteiger partial charge in [0.05, 0.1) is 6.10 Å². The zero-order valence-corrected chi connectivity index (χ0v) is 14.2. The van der Waals surface area contributed by atoms with Crippen LogP contribution < -0.4 is 9.64 Å². The van der Waals surface area contributed by atoms with Crippen LogP contribution in [0, 0.1) is 0 Å². The lowest BCUT2D eigenvalue weighted by Crippen LogP contribution is -2.54. The highest BCUT2D eigenvalue weighted by Crippen LogP contribution is 2.33. The topological polar surface area (TPSA) is 91.1 Å². The number of carbonyl (C=O) groups excluding carboxylic acids is 1. The first kappa shape index (κ1) is 17.6. The highest BCUT2D eigenvalue weighted by Gasteiger charge is 2.39. The van der Waals surface area contributed by atoms with Crippen molar-refractivity contribution in [1.29, 1.82) is 0 Å². The Morgan fingerprint density at radius 1 is 1.35 bits per heavy atom. The predicted octanol–water partition coefficient (Wildman–Crippen LogP) is 0.631. The van der Waals surface area contributed by atoms with E-state index >= 15 is 0 Å². The molecule has 2 rings (SSSR count). The molecule has 2 heterocycles. The van der Waals surface area contributed by atoms with Gasteiger partial charge in [-0.15, -0.1) is 0 Å². The van der Waals surface area contributed by atoms with Crippen LogP contribution in [0.3, 0.4) is 0 Å². The van der Waals surface area contributed by atoms with Crippen LogP contribution in [0.15, 0.2) is 0 Å². The molecule has 0 saturated carbocycles. The molecule has 0 bridgehead atoms. The van der Waals surface area contributed by atoms with E-state index in [1.54, 1.807) is 16.5 Å². The van der Waals surface area contributed by atoms with Gasteiger partial charge in [-0.25, -0.2) is 0 Å². The Bertz CT molecular complexity index is 558. The van der Waals surface area contributed by atoms with Gasteiger partial charge in [0.2, 0.25) is 6.35 Å². The van der Waals surface area contributed by atoms with Gasteiger partial charge in [-0.2, -0.15) is 4.98 Å². The van der Waals surface area contributed by atoms with Crippen molar-refractivity contribution in [2.75, 3.05) is 25.1 Å². The van der Waals surface area contributed by atoms with E-state index in [-0.39, 0.29) is 25.2 Å². The molecule has 0 aliphatic carbocycles. The first-order valence-electron chi connectivity index (χ1n) is 8.02. The van der Waals surface area contributed by atoms with E-state index in [9.17, 15) is 9.90 Å². The largest absolute Gasteiger partial charge is 0.462 e. The molecule has 8 heteroatoms. The molecule has 1 aliphatic heterocycles. The second-order valence-corrected chi connectivity index (χ2v) is 5.92. The summed E-state index contributed by atoms with van der Waals surface area (Å²) in [7, 11) is 1.68. The van der Waals surface area contributed by atoms with E-state index in [2.05, 4.69) is 4.98 Å². The Labute approximate surface area is 136 Å². The SMILES string of the molecule is CCCn1c(OC(C)C)nc2c1C(=O)N(CCCO)C(O)N2C. The number of anilines is 1. The van der Waals surface area contributed by atoms with Gasteiger partial charge in [0.15, 0.2) is 11.5 Å². The minimum Gasteiger partial charge on any atom is -0.462 e. The molecule has 1 aromatic rings. The number of hydrogen-bond acceptors (Lipinski definition) is 6. The first-order chi connectivity index (χ1) is 10.9. The number of nitrogens with zero attached hydrogens (tertiary/aromatic N) is 4. The summed E-state index contributed by atoms with van der Waals surface area (Å²) < 4.78 is 7.50. The second kappa shape index (κ2) is 7.18. The lowest BCUT2D eigenvalue weighted by Gasteiger charge is -2.38. The average molecular weight is 326 g/mol. The first-order valence-corrected chi connectivity index (χ1v) is 8.02. The molecule has 2 N–H and O–H groups in total. The van der Waals surface area contributed by atoms with Gasteiger partial charge in [-0.05, 0) is 26.7 Å². The summed E-state index contributed by atoms with van der Waals surface area (Å²) in [6.07, 6.45) is 0.0696. The Hall–Kier alpha value is -1.80. The zero-order chi connectivity index (χ0) is 17.1. The van der Waals surface area contributed by atoms with Crippen molar-refractivity contribution in [2.45, 2.75) is 52.6 Å². The summed E-state index contributed by atoms with van der Waals surface area (Å²) in [4.78, 5) is 20.1. The van der Waals surface area contributed by atoms with Gasteiger partial charge in [0, 0.05) is 26.7 Å². The molecule has 1 aliphatic rings. The molecule has 0 radical (unpaired) electrons. The van der Waals surface area contributed by atoms with Crippen LogP contribution in [0.25, 0.3) is 0 Å². The van der Waals surface area contributed by atoms with Crippen molar-refractivity contribution in [3.8, 4) is 6.01 Å². The minimum atomic E-state index is -1.10. The van der Waals surface area contributed by atoms with E-state index in [0.717, 1.165) is 6.42 Å². The molecule has 0 saturated heterocycles. The molecule has 8 nitrogen and oxygen atoms in total. The number of carbonyl (C=O) groups is 1. The molecule has 130 valence electrons. The number of rotatable bonds is 7. The number of aliphatic hydroxyl groups excluding tert-OH is 2. The molecule has 1 aromatic heterocycles. The Morgan fingerprint density at radius 2 is 2.04 bits per heavy atom. The van der Waals surface area contributed by atoms with E-state index < -0.39 is 6.35 Å². The maximum atomic E-state index is 12.8. The third-order valence-electron chi connectivity index (χ3n) is 3.68. The Balaban J connectivity index is 2.46. The molecule has 1 amide bonds. The molecule has 23 heavy (non-hydrogen) atoms. The van der Waals surface area contributed by atoms with Gasteiger partial charge < -0.3 is 19.8 Å². The number of ether oxygens (including phenoxy) is 1. The fourth-order valence-corrected chi connectivity index (χ4v) is 2.63. The number of aromatic nitrogens is 2. The van der Waals surface area contributed by atoms with Crippen LogP contribution in [-0.4, -0.2) is 63.2 Å². The molecule has 0 spiro atoms. The summed E-state index contributed by atoms with van der Waals surface area (Å²) in [5.74, 6) is 0.130. The molecule has 1 atom stereocenters. The average Bonchev–Trinajstić information content (AvgIpc) is 2.84. The summed E-state index contributed by atoms with van der Waals surface area (Å²) >= 11 is 0. The van der Waals surface area contributed by atoms with Crippen molar-refractivity contribution in [1.82, 2.24) is 14.5 Å². The third-order valence-corrected chi connectivity index (χ3v) is 3.68. The number of aliphatic hydroxyl groups is 2. The van der Waals surface area contributed by atoms with Crippen LogP contribution in [0.1, 0.15) is 44.1 Å². The van der Waals surface area contributed by atoms with Crippen LogP contribution in [0.2, 0.25) is 0 Å². The van der Waals surface area contributed by atoms with Gasteiger partial charge in [-0.3, -0.25) is 14.3 Å². The zero-order valence-electron chi connectivity index (χ0n) is 14.2. The standard InChI is InChI=1S/C15H26N4O4/c1-5-7-18-11-12(16-14(18)23-10(2)3)17(4)15(22)19(13(11)21)8-6-9-20/h10,15,20,22H,5-9H2,1-4H3.